The molecule has 0 aromatic rings. The Morgan fingerprint density at radius 3 is 1.09 bits per heavy atom. The van der Waals surface area contributed by atoms with Gasteiger partial charge in [-0.25, -0.2) is 4.39 Å². The molecule has 0 spiro atoms. The minimum atomic E-state index is -8.98. The number of hydrogen-bond donors (Lipinski definition) is 0. The van der Waals surface area contributed by atoms with Crippen LogP contribution in [0.3, 0.4) is 0 Å². The van der Waals surface area contributed by atoms with Crippen molar-refractivity contribution in [2.24, 2.45) is 0 Å². The maximum Gasteiger partial charge on any atom is 0.438 e. The molecule has 0 aromatic carbocycles. The van der Waals surface area contributed by atoms with E-state index in [4.69, 9.17) is 0 Å². The van der Waals surface area contributed by atoms with Crippen molar-refractivity contribution in [1.82, 2.24) is 0 Å². The molecular formula is C15H11F19. The van der Waals surface area contributed by atoms with Crippen LogP contribution in [-0.2, 0) is 0 Å². The fraction of sp³-hybridized carbons (Fsp3) is 0.867. The smallest absolute Gasteiger partial charge is 0.216 e. The predicted molar refractivity (Wildman–Crippen MR) is 74.3 cm³/mol. The Morgan fingerprint density at radius 2 is 0.794 bits per heavy atom. The van der Waals surface area contributed by atoms with E-state index in [1.807, 2.05) is 0 Å². The number of halogens is 19. The maximum absolute atomic E-state index is 13.6. The lowest BCUT2D eigenvalue weighted by atomic mass is 9.83. The van der Waals surface area contributed by atoms with Crippen LogP contribution in [0.5, 0.6) is 0 Å². The molecule has 0 atom stereocenters. The largest absolute Gasteiger partial charge is 0.438 e. The van der Waals surface area contributed by atoms with Crippen molar-refractivity contribution in [2.75, 3.05) is 0 Å². The third-order valence-corrected chi connectivity index (χ3v) is 4.58. The van der Waals surface area contributed by atoms with Crippen LogP contribution < -0.4 is 0 Å². The molecule has 0 radical (unpaired) electrons. The summed E-state index contributed by atoms with van der Waals surface area (Å²) in [5, 5.41) is 0. The van der Waals surface area contributed by atoms with Crippen LogP contribution in [0.2, 0.25) is 0 Å². The van der Waals surface area contributed by atoms with Gasteiger partial charge < -0.3 is 0 Å². The summed E-state index contributed by atoms with van der Waals surface area (Å²) in [6, 6.07) is 0. The Labute approximate surface area is 176 Å². The number of allylic oxidation sites excluding steroid dienone is 2. The molecule has 0 unspecified atom stereocenters. The quantitative estimate of drug-likeness (QED) is 0.199. The second-order valence-corrected chi connectivity index (χ2v) is 6.87. The lowest BCUT2D eigenvalue weighted by Crippen LogP contribution is -2.77. The molecule has 0 bridgehead atoms. The molecule has 34 heavy (non-hydrogen) atoms. The van der Waals surface area contributed by atoms with E-state index in [9.17, 15) is 83.4 Å². The highest BCUT2D eigenvalue weighted by atomic mass is 19.4. The zero-order chi connectivity index (χ0) is 28.2. The van der Waals surface area contributed by atoms with Crippen LogP contribution in [0, 0.1) is 0 Å². The monoisotopic (exact) mass is 552 g/mol. The first kappa shape index (κ1) is 32.4. The zero-order valence-electron chi connectivity index (χ0n) is 16.2. The normalized spacial score (nSPS) is 16.8. The first-order chi connectivity index (χ1) is 14.5. The molecule has 0 fully saturated rings. The molecule has 0 rings (SSSR count). The number of alkyl halides is 19. The Balaban J connectivity index is 6.93. The fourth-order valence-electron chi connectivity index (χ4n) is 2.21. The highest BCUT2D eigenvalue weighted by Crippen LogP contribution is 2.66. The topological polar surface area (TPSA) is 0 Å². The van der Waals surface area contributed by atoms with E-state index in [-0.39, 0.29) is 5.57 Å². The molecule has 0 N–H and O–H groups in total. The minimum Gasteiger partial charge on any atom is -0.216 e. The van der Waals surface area contributed by atoms with Crippen molar-refractivity contribution < 1.29 is 83.4 Å². The Bertz CT molecular complexity index is 737. The number of hydrogen-bond acceptors (Lipinski definition) is 0. The first-order valence-corrected chi connectivity index (χ1v) is 8.16. The third-order valence-electron chi connectivity index (χ3n) is 4.58. The lowest BCUT2D eigenvalue weighted by Gasteiger charge is -2.45. The fourth-order valence-corrected chi connectivity index (χ4v) is 2.21. The van der Waals surface area contributed by atoms with Crippen LogP contribution >= 0.6 is 0 Å². The summed E-state index contributed by atoms with van der Waals surface area (Å²) in [6.07, 6.45) is -19.5. The molecule has 0 aliphatic rings. The van der Waals surface area contributed by atoms with E-state index < -0.39 is 66.4 Å². The van der Waals surface area contributed by atoms with Gasteiger partial charge in [0, 0.05) is 6.42 Å². The van der Waals surface area contributed by atoms with Crippen LogP contribution in [0.15, 0.2) is 11.6 Å². The molecule has 0 nitrogen and oxygen atoms in total. The van der Waals surface area contributed by atoms with Gasteiger partial charge >= 0.3 is 53.6 Å². The van der Waals surface area contributed by atoms with E-state index in [1.165, 1.54) is 0 Å². The molecular weight excluding hydrogens is 541 g/mol. The van der Waals surface area contributed by atoms with Gasteiger partial charge in [0.1, 0.15) is 0 Å². The molecule has 0 aliphatic heterocycles. The van der Waals surface area contributed by atoms with Crippen LogP contribution in [0.25, 0.3) is 0 Å². The SMILES string of the molecule is CC=C(C)CCC(F)(F)C(F)(F)C(F)(F)C(F)(F)C(F)(F)C(F)(F)C(F)(C(F)(F)F)C(F)(F)F. The maximum atomic E-state index is 13.6. The van der Waals surface area contributed by atoms with Crippen molar-refractivity contribution >= 4 is 0 Å². The van der Waals surface area contributed by atoms with Gasteiger partial charge in [0.05, 0.1) is 0 Å². The van der Waals surface area contributed by atoms with E-state index >= 15 is 0 Å². The Kier molecular flexibility index (Phi) is 8.12. The molecule has 204 valence electrons. The van der Waals surface area contributed by atoms with E-state index in [2.05, 4.69) is 0 Å². The Morgan fingerprint density at radius 1 is 0.500 bits per heavy atom. The first-order valence-electron chi connectivity index (χ1n) is 8.16. The van der Waals surface area contributed by atoms with Gasteiger partial charge in [0.15, 0.2) is 0 Å². The van der Waals surface area contributed by atoms with Crippen LogP contribution in [-0.4, -0.2) is 53.6 Å². The molecule has 0 aromatic heterocycles. The third kappa shape index (κ3) is 4.28. The van der Waals surface area contributed by atoms with Gasteiger partial charge in [0.25, 0.3) is 0 Å². The van der Waals surface area contributed by atoms with Crippen molar-refractivity contribution in [2.45, 2.75) is 80.2 Å². The number of rotatable bonds is 9. The summed E-state index contributed by atoms with van der Waals surface area (Å²) in [7, 11) is 0. The molecule has 0 saturated heterocycles. The van der Waals surface area contributed by atoms with Gasteiger partial charge in [-0.1, -0.05) is 11.6 Å². The average molecular weight is 552 g/mol. The van der Waals surface area contributed by atoms with Gasteiger partial charge in [-0.2, -0.15) is 79.0 Å². The summed E-state index contributed by atoms with van der Waals surface area (Å²) < 4.78 is 250. The summed E-state index contributed by atoms with van der Waals surface area (Å²) in [6.45, 7) is 1.96. The van der Waals surface area contributed by atoms with E-state index in [0.29, 0.717) is 0 Å². The van der Waals surface area contributed by atoms with E-state index in [0.717, 1.165) is 19.9 Å². The minimum absolute atomic E-state index is 0.306. The van der Waals surface area contributed by atoms with Crippen molar-refractivity contribution in [1.29, 1.82) is 0 Å². The highest BCUT2D eigenvalue weighted by molar-refractivity contribution is 5.19. The molecule has 19 heteroatoms. The van der Waals surface area contributed by atoms with Crippen molar-refractivity contribution in [3.8, 4) is 0 Å². The summed E-state index contributed by atoms with van der Waals surface area (Å²) in [5.74, 6) is -49.4. The van der Waals surface area contributed by atoms with Crippen LogP contribution in [0.1, 0.15) is 26.7 Å². The molecule has 0 aliphatic carbocycles. The summed E-state index contributed by atoms with van der Waals surface area (Å²) >= 11 is 0. The lowest BCUT2D eigenvalue weighted by molar-refractivity contribution is -0.472. The second-order valence-electron chi connectivity index (χ2n) is 6.87. The molecule has 0 heterocycles. The van der Waals surface area contributed by atoms with Crippen LogP contribution in [0.4, 0.5) is 83.4 Å². The highest BCUT2D eigenvalue weighted by Gasteiger charge is 2.98. The van der Waals surface area contributed by atoms with Crippen molar-refractivity contribution in [3.05, 3.63) is 11.6 Å². The second kappa shape index (κ2) is 8.51. The molecule has 0 saturated carbocycles. The zero-order valence-corrected chi connectivity index (χ0v) is 16.2. The van der Waals surface area contributed by atoms with Crippen molar-refractivity contribution in [3.63, 3.8) is 0 Å². The summed E-state index contributed by atoms with van der Waals surface area (Å²) in [4.78, 5) is 0. The van der Waals surface area contributed by atoms with Gasteiger partial charge in [0.2, 0.25) is 0 Å². The van der Waals surface area contributed by atoms with Gasteiger partial charge in [-0.15, -0.1) is 0 Å². The molecule has 0 amide bonds. The van der Waals surface area contributed by atoms with Gasteiger partial charge in [-0.3, -0.25) is 0 Å². The Hall–Kier alpha value is -1.59. The predicted octanol–water partition coefficient (Wildman–Crippen LogP) is 8.38. The van der Waals surface area contributed by atoms with Gasteiger partial charge in [-0.05, 0) is 20.3 Å². The van der Waals surface area contributed by atoms with E-state index in [1.54, 1.807) is 0 Å². The average Bonchev–Trinajstić information content (AvgIpc) is 2.62. The standard InChI is InChI=1S/C15H11F19/c1-3-6(2)4-5-7(16,17)9(19,20)11(23,24)13(27,28)12(25,26)10(21,22)8(18,14(29,30)31)15(32,33)34/h3H,4-5H2,1-2H3. The summed E-state index contributed by atoms with van der Waals surface area (Å²) in [5.41, 5.74) is -9.02.